The van der Waals surface area contributed by atoms with E-state index in [0.29, 0.717) is 10.2 Å². The van der Waals surface area contributed by atoms with Crippen molar-refractivity contribution in [3.8, 4) is 5.82 Å². The fraction of sp³-hybridized carbons (Fsp3) is 0.100. The maximum absolute atomic E-state index is 6.02. The molecular formula is C10H8Cl2N2. The van der Waals surface area contributed by atoms with Crippen LogP contribution in [-0.4, -0.2) is 9.55 Å². The van der Waals surface area contributed by atoms with Gasteiger partial charge < -0.3 is 0 Å². The summed E-state index contributed by atoms with van der Waals surface area (Å²) in [5, 5.41) is 1.23. The molecule has 72 valence electrons. The predicted octanol–water partition coefficient (Wildman–Crippen LogP) is 3.49. The van der Waals surface area contributed by atoms with Gasteiger partial charge in [-0.05, 0) is 25.1 Å². The molecule has 2 rings (SSSR count). The van der Waals surface area contributed by atoms with Gasteiger partial charge in [0.15, 0.2) is 0 Å². The van der Waals surface area contributed by atoms with Crippen LogP contribution >= 0.6 is 23.2 Å². The van der Waals surface area contributed by atoms with Crippen molar-refractivity contribution < 1.29 is 0 Å². The maximum Gasteiger partial charge on any atom is 0.137 e. The largest absolute Gasteiger partial charge is 0.287 e. The molecule has 0 fully saturated rings. The fourth-order valence-electron chi connectivity index (χ4n) is 1.31. The van der Waals surface area contributed by atoms with Crippen molar-refractivity contribution in [2.24, 2.45) is 0 Å². The normalized spacial score (nSPS) is 10.5. The SMILES string of the molecule is Cc1c(Cl)cc(Cl)n1-c1ccccn1. The van der Waals surface area contributed by atoms with E-state index in [1.807, 2.05) is 29.7 Å². The third-order valence-corrected chi connectivity index (χ3v) is 2.68. The molecule has 0 saturated carbocycles. The van der Waals surface area contributed by atoms with Crippen molar-refractivity contribution in [2.75, 3.05) is 0 Å². The Hall–Kier alpha value is -0.990. The van der Waals surface area contributed by atoms with Gasteiger partial charge in [-0.15, -0.1) is 0 Å². The lowest BCUT2D eigenvalue weighted by Gasteiger charge is -2.05. The lowest BCUT2D eigenvalue weighted by atomic mass is 10.4. The second-order valence-electron chi connectivity index (χ2n) is 2.92. The van der Waals surface area contributed by atoms with Crippen LogP contribution in [-0.2, 0) is 0 Å². The van der Waals surface area contributed by atoms with Gasteiger partial charge in [0, 0.05) is 11.9 Å². The van der Waals surface area contributed by atoms with Gasteiger partial charge in [0.05, 0.1) is 5.02 Å². The summed E-state index contributed by atoms with van der Waals surface area (Å²) in [6.45, 7) is 1.91. The predicted molar refractivity (Wildman–Crippen MR) is 58.3 cm³/mol. The lowest BCUT2D eigenvalue weighted by Crippen LogP contribution is -1.98. The molecule has 0 bridgehead atoms. The summed E-state index contributed by atoms with van der Waals surface area (Å²) >= 11 is 12.0. The molecule has 0 aliphatic rings. The van der Waals surface area contributed by atoms with Crippen LogP contribution in [0, 0.1) is 6.92 Å². The summed E-state index contributed by atoms with van der Waals surface area (Å²) in [4.78, 5) is 4.20. The Balaban J connectivity index is 2.62. The van der Waals surface area contributed by atoms with E-state index in [0.717, 1.165) is 11.5 Å². The molecule has 0 saturated heterocycles. The summed E-state index contributed by atoms with van der Waals surface area (Å²) < 4.78 is 1.81. The van der Waals surface area contributed by atoms with Gasteiger partial charge in [0.1, 0.15) is 11.0 Å². The van der Waals surface area contributed by atoms with Crippen LogP contribution in [0.3, 0.4) is 0 Å². The average molecular weight is 227 g/mol. The molecule has 0 aromatic carbocycles. The second kappa shape index (κ2) is 3.64. The molecular weight excluding hydrogens is 219 g/mol. The highest BCUT2D eigenvalue weighted by Crippen LogP contribution is 2.26. The first-order valence-corrected chi connectivity index (χ1v) is 4.90. The van der Waals surface area contributed by atoms with E-state index in [2.05, 4.69) is 4.98 Å². The van der Waals surface area contributed by atoms with E-state index in [1.54, 1.807) is 12.3 Å². The van der Waals surface area contributed by atoms with Crippen molar-refractivity contribution >= 4 is 23.2 Å². The Morgan fingerprint density at radius 2 is 2.07 bits per heavy atom. The molecule has 0 aliphatic heterocycles. The molecule has 14 heavy (non-hydrogen) atoms. The van der Waals surface area contributed by atoms with E-state index in [4.69, 9.17) is 23.2 Å². The van der Waals surface area contributed by atoms with Gasteiger partial charge in [0.2, 0.25) is 0 Å². The van der Waals surface area contributed by atoms with Crippen molar-refractivity contribution in [3.63, 3.8) is 0 Å². The fourth-order valence-corrected chi connectivity index (χ4v) is 1.87. The zero-order valence-corrected chi connectivity index (χ0v) is 9.05. The van der Waals surface area contributed by atoms with Crippen LogP contribution < -0.4 is 0 Å². The summed E-state index contributed by atoms with van der Waals surface area (Å²) in [5.74, 6) is 0.780. The van der Waals surface area contributed by atoms with Crippen molar-refractivity contribution in [1.29, 1.82) is 0 Å². The van der Waals surface area contributed by atoms with E-state index in [9.17, 15) is 0 Å². The Morgan fingerprint density at radius 1 is 1.29 bits per heavy atom. The van der Waals surface area contributed by atoms with Crippen LogP contribution in [0.5, 0.6) is 0 Å². The van der Waals surface area contributed by atoms with Crippen molar-refractivity contribution in [2.45, 2.75) is 6.92 Å². The van der Waals surface area contributed by atoms with Crippen molar-refractivity contribution in [3.05, 3.63) is 46.3 Å². The van der Waals surface area contributed by atoms with E-state index in [-0.39, 0.29) is 0 Å². The van der Waals surface area contributed by atoms with Gasteiger partial charge in [-0.2, -0.15) is 0 Å². The topological polar surface area (TPSA) is 17.8 Å². The molecule has 0 radical (unpaired) electrons. The Bertz CT molecular complexity index is 449. The summed E-state index contributed by atoms with van der Waals surface area (Å²) in [6, 6.07) is 7.37. The van der Waals surface area contributed by atoms with Crippen LogP contribution in [0.1, 0.15) is 5.69 Å². The maximum atomic E-state index is 6.02. The highest BCUT2D eigenvalue weighted by atomic mass is 35.5. The molecule has 0 aliphatic carbocycles. The van der Waals surface area contributed by atoms with E-state index in [1.165, 1.54) is 0 Å². The zero-order valence-electron chi connectivity index (χ0n) is 7.54. The molecule has 2 aromatic rings. The third-order valence-electron chi connectivity index (χ3n) is 2.02. The average Bonchev–Trinajstić information content (AvgIpc) is 2.43. The molecule has 2 aromatic heterocycles. The molecule has 0 amide bonds. The number of aromatic nitrogens is 2. The standard InChI is InChI=1S/C10H8Cl2N2/c1-7-8(11)6-9(12)14(7)10-4-2-3-5-13-10/h2-6H,1H3. The van der Waals surface area contributed by atoms with Gasteiger partial charge in [0.25, 0.3) is 0 Å². The molecule has 2 nitrogen and oxygen atoms in total. The highest BCUT2D eigenvalue weighted by molar-refractivity contribution is 6.35. The first-order chi connectivity index (χ1) is 6.70. The van der Waals surface area contributed by atoms with E-state index < -0.39 is 0 Å². The number of pyridine rings is 1. The lowest BCUT2D eigenvalue weighted by molar-refractivity contribution is 0.963. The molecule has 0 unspecified atom stereocenters. The minimum Gasteiger partial charge on any atom is -0.287 e. The molecule has 0 N–H and O–H groups in total. The quantitative estimate of drug-likeness (QED) is 0.729. The number of nitrogens with zero attached hydrogens (tertiary/aromatic N) is 2. The second-order valence-corrected chi connectivity index (χ2v) is 3.72. The smallest absolute Gasteiger partial charge is 0.137 e. The Kier molecular flexibility index (Phi) is 2.48. The third kappa shape index (κ3) is 1.51. The van der Waals surface area contributed by atoms with Crippen LogP contribution in [0.2, 0.25) is 10.2 Å². The molecule has 2 heterocycles. The monoisotopic (exact) mass is 226 g/mol. The van der Waals surface area contributed by atoms with Crippen LogP contribution in [0.15, 0.2) is 30.5 Å². The summed E-state index contributed by atoms with van der Waals surface area (Å²) in [6.07, 6.45) is 1.72. The first kappa shape index (κ1) is 9.56. The number of halogens is 2. The first-order valence-electron chi connectivity index (χ1n) is 4.15. The minimum absolute atomic E-state index is 0.575. The van der Waals surface area contributed by atoms with Crippen LogP contribution in [0.4, 0.5) is 0 Å². The van der Waals surface area contributed by atoms with Crippen molar-refractivity contribution in [1.82, 2.24) is 9.55 Å². The zero-order chi connectivity index (χ0) is 10.1. The van der Waals surface area contributed by atoms with E-state index >= 15 is 0 Å². The van der Waals surface area contributed by atoms with Crippen LogP contribution in [0.25, 0.3) is 5.82 Å². The summed E-state index contributed by atoms with van der Waals surface area (Å²) in [5.41, 5.74) is 0.898. The van der Waals surface area contributed by atoms with Gasteiger partial charge in [-0.25, -0.2) is 4.98 Å². The highest BCUT2D eigenvalue weighted by Gasteiger charge is 2.10. The summed E-state index contributed by atoms with van der Waals surface area (Å²) in [7, 11) is 0. The van der Waals surface area contributed by atoms with Gasteiger partial charge >= 0.3 is 0 Å². The number of rotatable bonds is 1. The number of hydrogen-bond acceptors (Lipinski definition) is 1. The Morgan fingerprint density at radius 3 is 2.57 bits per heavy atom. The Labute approximate surface area is 92.1 Å². The molecule has 0 spiro atoms. The number of hydrogen-bond donors (Lipinski definition) is 0. The van der Waals surface area contributed by atoms with Gasteiger partial charge in [-0.1, -0.05) is 29.3 Å². The molecule has 0 atom stereocenters. The minimum atomic E-state index is 0.575. The molecule has 4 heteroatoms. The van der Waals surface area contributed by atoms with Gasteiger partial charge in [-0.3, -0.25) is 4.57 Å².